The van der Waals surface area contributed by atoms with E-state index in [1.165, 1.54) is 0 Å². The zero-order valence-electron chi connectivity index (χ0n) is 11.1. The van der Waals surface area contributed by atoms with Crippen LogP contribution in [0, 0.1) is 17.2 Å². The molecule has 4 nitrogen and oxygen atoms in total. The van der Waals surface area contributed by atoms with Crippen molar-refractivity contribution in [1.29, 1.82) is 5.26 Å². The van der Waals surface area contributed by atoms with Crippen LogP contribution in [0.5, 0.6) is 0 Å². The van der Waals surface area contributed by atoms with Gasteiger partial charge in [-0.3, -0.25) is 0 Å². The van der Waals surface area contributed by atoms with E-state index < -0.39 is 0 Å². The molecule has 1 aromatic rings. The van der Waals surface area contributed by atoms with E-state index in [2.05, 4.69) is 25.2 Å². The fraction of sp³-hybridized carbons (Fsp3) is 0.500. The maximum atomic E-state index is 8.86. The molecule has 0 aromatic heterocycles. The van der Waals surface area contributed by atoms with Crippen molar-refractivity contribution in [2.45, 2.75) is 20.3 Å². The molecule has 0 aliphatic carbocycles. The number of nitrogens with two attached hydrogens (primary N) is 1. The van der Waals surface area contributed by atoms with Crippen LogP contribution in [0.3, 0.4) is 0 Å². The second kappa shape index (κ2) is 7.57. The number of hydrogen-bond acceptors (Lipinski definition) is 4. The predicted octanol–water partition coefficient (Wildman–Crippen LogP) is 2.62. The third kappa shape index (κ3) is 5.07. The Kier molecular flexibility index (Phi) is 6.03. The first-order chi connectivity index (χ1) is 8.63. The molecular weight excluding hydrogens is 226 g/mol. The Balaban J connectivity index is 2.26. The lowest BCUT2D eigenvalue weighted by molar-refractivity contribution is 0.110. The monoisotopic (exact) mass is 247 g/mol. The SMILES string of the molecule is CC(C)COCCCNc1ccc(N)c(C#N)c1. The van der Waals surface area contributed by atoms with Gasteiger partial charge >= 0.3 is 0 Å². The van der Waals surface area contributed by atoms with Crippen LogP contribution < -0.4 is 11.1 Å². The molecule has 0 aliphatic rings. The van der Waals surface area contributed by atoms with Crippen molar-refractivity contribution in [3.63, 3.8) is 0 Å². The standard InChI is InChI=1S/C14H21N3O/c1-11(2)10-18-7-3-6-17-13-4-5-14(16)12(8-13)9-15/h4-5,8,11,17H,3,6-7,10,16H2,1-2H3. The van der Waals surface area contributed by atoms with E-state index in [9.17, 15) is 0 Å². The second-order valence-corrected chi connectivity index (χ2v) is 4.66. The maximum absolute atomic E-state index is 8.86. The largest absolute Gasteiger partial charge is 0.398 e. The molecule has 0 atom stereocenters. The number of anilines is 2. The van der Waals surface area contributed by atoms with Gasteiger partial charge in [-0.2, -0.15) is 5.26 Å². The van der Waals surface area contributed by atoms with Crippen LogP contribution in [0.1, 0.15) is 25.8 Å². The minimum absolute atomic E-state index is 0.510. The van der Waals surface area contributed by atoms with Gasteiger partial charge in [0.15, 0.2) is 0 Å². The molecule has 18 heavy (non-hydrogen) atoms. The van der Waals surface area contributed by atoms with Gasteiger partial charge in [-0.15, -0.1) is 0 Å². The summed E-state index contributed by atoms with van der Waals surface area (Å²) in [5.74, 6) is 0.577. The van der Waals surface area contributed by atoms with Gasteiger partial charge in [-0.1, -0.05) is 13.8 Å². The molecule has 0 fully saturated rings. The normalized spacial score (nSPS) is 10.3. The zero-order chi connectivity index (χ0) is 13.4. The van der Waals surface area contributed by atoms with Crippen LogP contribution in [-0.2, 0) is 4.74 Å². The van der Waals surface area contributed by atoms with E-state index in [1.54, 1.807) is 12.1 Å². The molecule has 0 bridgehead atoms. The first-order valence-corrected chi connectivity index (χ1v) is 6.24. The number of rotatable bonds is 7. The summed E-state index contributed by atoms with van der Waals surface area (Å²) in [4.78, 5) is 0. The number of nitrogens with zero attached hydrogens (tertiary/aromatic N) is 1. The molecule has 0 heterocycles. The van der Waals surface area contributed by atoms with Crippen LogP contribution in [0.15, 0.2) is 18.2 Å². The summed E-state index contributed by atoms with van der Waals surface area (Å²) >= 11 is 0. The van der Waals surface area contributed by atoms with Gasteiger partial charge in [0.1, 0.15) is 6.07 Å². The first kappa shape index (κ1) is 14.3. The van der Waals surface area contributed by atoms with E-state index in [-0.39, 0.29) is 0 Å². The van der Waals surface area contributed by atoms with Gasteiger partial charge < -0.3 is 15.8 Å². The number of hydrogen-bond donors (Lipinski definition) is 2. The Morgan fingerprint density at radius 1 is 1.44 bits per heavy atom. The molecule has 0 saturated carbocycles. The fourth-order valence-corrected chi connectivity index (χ4v) is 1.49. The number of nitrogen functional groups attached to an aromatic ring is 1. The Labute approximate surface area is 109 Å². The lowest BCUT2D eigenvalue weighted by Crippen LogP contribution is -2.08. The predicted molar refractivity (Wildman–Crippen MR) is 74.3 cm³/mol. The van der Waals surface area contributed by atoms with Crippen LogP contribution in [-0.4, -0.2) is 19.8 Å². The Morgan fingerprint density at radius 3 is 2.89 bits per heavy atom. The topological polar surface area (TPSA) is 71.1 Å². The van der Waals surface area contributed by atoms with E-state index in [0.29, 0.717) is 17.2 Å². The third-order valence-electron chi connectivity index (χ3n) is 2.42. The molecule has 1 rings (SSSR count). The molecule has 0 spiro atoms. The summed E-state index contributed by atoms with van der Waals surface area (Å²) < 4.78 is 5.48. The van der Waals surface area contributed by atoms with Crippen molar-refractivity contribution >= 4 is 11.4 Å². The highest BCUT2D eigenvalue weighted by Crippen LogP contribution is 2.16. The van der Waals surface area contributed by atoms with Crippen molar-refractivity contribution in [1.82, 2.24) is 0 Å². The molecule has 0 unspecified atom stereocenters. The van der Waals surface area contributed by atoms with Crippen LogP contribution >= 0.6 is 0 Å². The third-order valence-corrected chi connectivity index (χ3v) is 2.42. The maximum Gasteiger partial charge on any atom is 0.101 e. The average molecular weight is 247 g/mol. The highest BCUT2D eigenvalue weighted by atomic mass is 16.5. The molecular formula is C14H21N3O. The minimum Gasteiger partial charge on any atom is -0.398 e. The van der Waals surface area contributed by atoms with Crippen LogP contribution in [0.2, 0.25) is 0 Å². The number of benzene rings is 1. The molecule has 1 aromatic carbocycles. The Bertz CT molecular complexity index is 410. The molecule has 4 heteroatoms. The number of nitriles is 1. The summed E-state index contributed by atoms with van der Waals surface area (Å²) in [7, 11) is 0. The van der Waals surface area contributed by atoms with Crippen LogP contribution in [0.25, 0.3) is 0 Å². The number of nitrogens with one attached hydrogen (secondary N) is 1. The van der Waals surface area contributed by atoms with Gasteiger partial charge in [-0.25, -0.2) is 0 Å². The molecule has 0 saturated heterocycles. The quantitative estimate of drug-likeness (QED) is 0.574. The summed E-state index contributed by atoms with van der Waals surface area (Å²) in [5, 5.41) is 12.1. The summed E-state index contributed by atoms with van der Waals surface area (Å²) in [5.41, 5.74) is 7.60. The van der Waals surface area contributed by atoms with E-state index >= 15 is 0 Å². The molecule has 98 valence electrons. The zero-order valence-corrected chi connectivity index (χ0v) is 11.1. The minimum atomic E-state index is 0.510. The average Bonchev–Trinajstić information content (AvgIpc) is 2.35. The van der Waals surface area contributed by atoms with Gasteiger partial charge in [-0.05, 0) is 30.5 Å². The number of ether oxygens (including phenoxy) is 1. The van der Waals surface area contributed by atoms with Crippen molar-refractivity contribution < 1.29 is 4.74 Å². The van der Waals surface area contributed by atoms with Crippen molar-refractivity contribution in [2.24, 2.45) is 5.92 Å². The van der Waals surface area contributed by atoms with Crippen molar-refractivity contribution in [3.8, 4) is 6.07 Å². The van der Waals surface area contributed by atoms with Crippen LogP contribution in [0.4, 0.5) is 11.4 Å². The molecule has 0 radical (unpaired) electrons. The molecule has 0 amide bonds. The smallest absolute Gasteiger partial charge is 0.101 e. The van der Waals surface area contributed by atoms with Gasteiger partial charge in [0.25, 0.3) is 0 Å². The summed E-state index contributed by atoms with van der Waals surface area (Å²) in [6.45, 7) is 6.66. The second-order valence-electron chi connectivity index (χ2n) is 4.66. The van der Waals surface area contributed by atoms with Gasteiger partial charge in [0.05, 0.1) is 5.56 Å². The van der Waals surface area contributed by atoms with E-state index in [4.69, 9.17) is 15.7 Å². The fourth-order valence-electron chi connectivity index (χ4n) is 1.49. The van der Waals surface area contributed by atoms with Gasteiger partial charge in [0.2, 0.25) is 0 Å². The van der Waals surface area contributed by atoms with E-state index in [1.807, 2.05) is 6.07 Å². The van der Waals surface area contributed by atoms with Gasteiger partial charge in [0, 0.05) is 31.1 Å². The lowest BCUT2D eigenvalue weighted by Gasteiger charge is -2.09. The van der Waals surface area contributed by atoms with Crippen molar-refractivity contribution in [3.05, 3.63) is 23.8 Å². The van der Waals surface area contributed by atoms with E-state index in [0.717, 1.165) is 31.9 Å². The molecule has 3 N–H and O–H groups in total. The van der Waals surface area contributed by atoms with Crippen molar-refractivity contribution in [2.75, 3.05) is 30.8 Å². The lowest BCUT2D eigenvalue weighted by atomic mass is 10.2. The Morgan fingerprint density at radius 2 is 2.22 bits per heavy atom. The Hall–Kier alpha value is -1.73. The molecule has 0 aliphatic heterocycles. The summed E-state index contributed by atoms with van der Waals surface area (Å²) in [6, 6.07) is 7.46. The highest BCUT2D eigenvalue weighted by molar-refractivity contribution is 5.61. The first-order valence-electron chi connectivity index (χ1n) is 6.24. The highest BCUT2D eigenvalue weighted by Gasteiger charge is 1.99. The summed E-state index contributed by atoms with van der Waals surface area (Å²) in [6.07, 6.45) is 0.943.